The normalized spacial score (nSPS) is 10.4. The van der Waals surface area contributed by atoms with Crippen molar-refractivity contribution < 1.29 is 4.79 Å². The number of hydrogen-bond donors (Lipinski definition) is 2. The third kappa shape index (κ3) is 4.01. The highest BCUT2D eigenvalue weighted by Crippen LogP contribution is 2.24. The summed E-state index contributed by atoms with van der Waals surface area (Å²) in [5, 5.41) is 14.2. The van der Waals surface area contributed by atoms with Gasteiger partial charge in [0.15, 0.2) is 0 Å². The molecule has 0 bridgehead atoms. The molecule has 0 aliphatic heterocycles. The van der Waals surface area contributed by atoms with Crippen molar-refractivity contribution in [3.63, 3.8) is 0 Å². The van der Waals surface area contributed by atoms with Gasteiger partial charge in [0, 0.05) is 18.1 Å². The second kappa shape index (κ2) is 7.29. The van der Waals surface area contributed by atoms with Gasteiger partial charge in [0.2, 0.25) is 0 Å². The smallest absolute Gasteiger partial charge is 0.319 e. The molecule has 0 saturated heterocycles. The van der Waals surface area contributed by atoms with Crippen LogP contribution in [0, 0.1) is 0 Å². The molecule has 0 aliphatic rings. The van der Waals surface area contributed by atoms with Crippen molar-refractivity contribution in [2.75, 3.05) is 5.32 Å². The van der Waals surface area contributed by atoms with E-state index >= 15 is 0 Å². The minimum Gasteiger partial charge on any atom is -0.332 e. The Hall–Kier alpha value is -2.64. The van der Waals surface area contributed by atoms with Gasteiger partial charge in [-0.3, -0.25) is 4.98 Å². The zero-order valence-electron chi connectivity index (χ0n) is 12.3. The lowest BCUT2D eigenvalue weighted by molar-refractivity contribution is 0.251. The first-order valence-electron chi connectivity index (χ1n) is 6.93. The lowest BCUT2D eigenvalue weighted by Crippen LogP contribution is -2.28. The monoisotopic (exact) mass is 362 g/mol. The van der Waals surface area contributed by atoms with E-state index in [9.17, 15) is 4.79 Å². The van der Waals surface area contributed by atoms with Crippen molar-refractivity contribution in [3.05, 3.63) is 64.7 Å². The molecule has 0 fully saturated rings. The van der Waals surface area contributed by atoms with Crippen LogP contribution >= 0.6 is 23.2 Å². The predicted octanol–water partition coefficient (Wildman–Crippen LogP) is 3.29. The highest BCUT2D eigenvalue weighted by molar-refractivity contribution is 6.42. The molecule has 2 aromatic heterocycles. The number of urea groups is 1. The molecule has 0 saturated carbocycles. The first-order chi connectivity index (χ1) is 11.6. The van der Waals surface area contributed by atoms with E-state index < -0.39 is 0 Å². The maximum atomic E-state index is 11.9. The number of amides is 2. The molecule has 0 unspecified atom stereocenters. The Labute approximate surface area is 147 Å². The average molecular weight is 363 g/mol. The van der Waals surface area contributed by atoms with Crippen molar-refractivity contribution in [2.45, 2.75) is 6.54 Å². The molecule has 0 atom stereocenters. The molecule has 0 spiro atoms. The molecule has 3 aromatic rings. The number of nitrogens with one attached hydrogen (secondary N) is 2. The number of rotatable bonds is 4. The Kier molecular flexibility index (Phi) is 4.93. The Bertz CT molecular complexity index is 852. The number of pyridine rings is 1. The van der Waals surface area contributed by atoms with Gasteiger partial charge in [0.25, 0.3) is 0 Å². The quantitative estimate of drug-likeness (QED) is 0.745. The van der Waals surface area contributed by atoms with Crippen molar-refractivity contribution in [1.29, 1.82) is 0 Å². The number of aromatic nitrogens is 4. The maximum Gasteiger partial charge on any atom is 0.319 e. The van der Waals surface area contributed by atoms with E-state index in [2.05, 4.69) is 25.9 Å². The van der Waals surface area contributed by atoms with Crippen molar-refractivity contribution in [2.24, 2.45) is 0 Å². The summed E-state index contributed by atoms with van der Waals surface area (Å²) in [6.45, 7) is 0.234. The SMILES string of the molecule is O=C(NCc1cn(-c2ccncc2)nn1)Nc1ccc(Cl)c(Cl)c1. The molecule has 0 aliphatic carbocycles. The molecular formula is C15H12Cl2N6O. The highest BCUT2D eigenvalue weighted by atomic mass is 35.5. The van der Waals surface area contributed by atoms with E-state index in [1.807, 2.05) is 12.1 Å². The molecule has 2 amide bonds. The molecule has 24 heavy (non-hydrogen) atoms. The average Bonchev–Trinajstić information content (AvgIpc) is 3.06. The van der Waals surface area contributed by atoms with Crippen LogP contribution in [-0.2, 0) is 6.54 Å². The number of anilines is 1. The second-order valence-electron chi connectivity index (χ2n) is 4.80. The lowest BCUT2D eigenvalue weighted by atomic mass is 10.3. The lowest BCUT2D eigenvalue weighted by Gasteiger charge is -2.07. The Morgan fingerprint density at radius 3 is 2.67 bits per heavy atom. The molecule has 2 heterocycles. The molecule has 2 N–H and O–H groups in total. The van der Waals surface area contributed by atoms with Gasteiger partial charge in [-0.1, -0.05) is 28.4 Å². The summed E-state index contributed by atoms with van der Waals surface area (Å²) in [6, 6.07) is 8.08. The molecule has 1 aromatic carbocycles. The fourth-order valence-electron chi connectivity index (χ4n) is 1.92. The van der Waals surface area contributed by atoms with Crippen LogP contribution in [0.3, 0.4) is 0 Å². The van der Waals surface area contributed by atoms with Gasteiger partial charge in [-0.25, -0.2) is 9.48 Å². The van der Waals surface area contributed by atoms with Crippen molar-refractivity contribution >= 4 is 34.9 Å². The minimum atomic E-state index is -0.383. The molecule has 3 rings (SSSR count). The fourth-order valence-corrected chi connectivity index (χ4v) is 2.22. The van der Waals surface area contributed by atoms with E-state index in [1.54, 1.807) is 41.5 Å². The largest absolute Gasteiger partial charge is 0.332 e. The topological polar surface area (TPSA) is 84.7 Å². The van der Waals surface area contributed by atoms with E-state index in [1.165, 1.54) is 0 Å². The van der Waals surface area contributed by atoms with Crippen LogP contribution in [0.25, 0.3) is 5.69 Å². The number of hydrogen-bond acceptors (Lipinski definition) is 4. The summed E-state index contributed by atoms with van der Waals surface area (Å²) in [5.41, 5.74) is 2.00. The summed E-state index contributed by atoms with van der Waals surface area (Å²) in [7, 11) is 0. The summed E-state index contributed by atoms with van der Waals surface area (Å²) in [6.07, 6.45) is 5.06. The van der Waals surface area contributed by atoms with Crippen LogP contribution in [0.5, 0.6) is 0 Å². The van der Waals surface area contributed by atoms with Crippen LogP contribution in [0.1, 0.15) is 5.69 Å². The molecular weight excluding hydrogens is 351 g/mol. The van der Waals surface area contributed by atoms with Gasteiger partial charge in [-0.05, 0) is 30.3 Å². The van der Waals surface area contributed by atoms with Crippen LogP contribution in [0.4, 0.5) is 10.5 Å². The van der Waals surface area contributed by atoms with Crippen LogP contribution in [-0.4, -0.2) is 26.0 Å². The molecule has 122 valence electrons. The zero-order valence-corrected chi connectivity index (χ0v) is 13.8. The van der Waals surface area contributed by atoms with Gasteiger partial charge < -0.3 is 10.6 Å². The summed E-state index contributed by atoms with van der Waals surface area (Å²) in [5.74, 6) is 0. The van der Waals surface area contributed by atoms with E-state index in [0.29, 0.717) is 21.4 Å². The maximum absolute atomic E-state index is 11.9. The Morgan fingerprint density at radius 2 is 1.92 bits per heavy atom. The van der Waals surface area contributed by atoms with E-state index in [0.717, 1.165) is 5.69 Å². The minimum absolute atomic E-state index is 0.234. The Morgan fingerprint density at radius 1 is 1.12 bits per heavy atom. The number of benzene rings is 1. The third-order valence-electron chi connectivity index (χ3n) is 3.08. The second-order valence-corrected chi connectivity index (χ2v) is 5.61. The summed E-state index contributed by atoms with van der Waals surface area (Å²) in [4.78, 5) is 15.8. The van der Waals surface area contributed by atoms with Gasteiger partial charge >= 0.3 is 6.03 Å². The van der Waals surface area contributed by atoms with Gasteiger partial charge in [0.1, 0.15) is 5.69 Å². The first kappa shape index (κ1) is 16.2. The summed E-state index contributed by atoms with van der Waals surface area (Å²) >= 11 is 11.7. The number of halogens is 2. The molecule has 7 nitrogen and oxygen atoms in total. The van der Waals surface area contributed by atoms with E-state index in [-0.39, 0.29) is 12.6 Å². The summed E-state index contributed by atoms with van der Waals surface area (Å²) < 4.78 is 1.61. The Balaban J connectivity index is 1.56. The predicted molar refractivity (Wildman–Crippen MR) is 91.5 cm³/mol. The number of carbonyl (C=O) groups is 1. The van der Waals surface area contributed by atoms with Crippen LogP contribution < -0.4 is 10.6 Å². The van der Waals surface area contributed by atoms with Gasteiger partial charge in [-0.15, -0.1) is 5.10 Å². The van der Waals surface area contributed by atoms with Crippen molar-refractivity contribution in [1.82, 2.24) is 25.3 Å². The zero-order chi connectivity index (χ0) is 16.9. The van der Waals surface area contributed by atoms with Crippen LogP contribution in [0.2, 0.25) is 10.0 Å². The standard InChI is InChI=1S/C15H12Cl2N6O/c16-13-2-1-10(7-14(13)17)20-15(24)19-8-11-9-23(22-21-11)12-3-5-18-6-4-12/h1-7,9H,8H2,(H2,19,20,24). The number of carbonyl (C=O) groups excluding carboxylic acids is 1. The highest BCUT2D eigenvalue weighted by Gasteiger charge is 2.07. The third-order valence-corrected chi connectivity index (χ3v) is 3.81. The molecule has 9 heteroatoms. The van der Waals surface area contributed by atoms with E-state index in [4.69, 9.17) is 23.2 Å². The van der Waals surface area contributed by atoms with Crippen molar-refractivity contribution in [3.8, 4) is 5.69 Å². The van der Waals surface area contributed by atoms with Gasteiger partial charge in [-0.2, -0.15) is 0 Å². The molecule has 0 radical (unpaired) electrons. The fraction of sp³-hybridized carbons (Fsp3) is 0.0667. The van der Waals surface area contributed by atoms with Gasteiger partial charge in [0.05, 0.1) is 28.5 Å². The first-order valence-corrected chi connectivity index (χ1v) is 7.69. The number of nitrogens with zero attached hydrogens (tertiary/aromatic N) is 4. The van der Waals surface area contributed by atoms with Crippen LogP contribution in [0.15, 0.2) is 48.9 Å².